The summed E-state index contributed by atoms with van der Waals surface area (Å²) in [6.45, 7) is 6.30. The zero-order valence-electron chi connectivity index (χ0n) is 11.1. The monoisotopic (exact) mass is 245 g/mol. The maximum Gasteiger partial charge on any atom is 0.287 e. The Bertz CT molecular complexity index is 509. The topological polar surface area (TPSA) is 42.2 Å². The van der Waals surface area contributed by atoms with Crippen molar-refractivity contribution in [1.82, 2.24) is 5.32 Å². The molecule has 3 heteroatoms. The number of carbonyl (C=O) groups is 1. The molecule has 0 spiro atoms. The number of furan rings is 1. The maximum absolute atomic E-state index is 12.0. The molecule has 1 N–H and O–H groups in total. The van der Waals surface area contributed by atoms with E-state index in [9.17, 15) is 4.79 Å². The van der Waals surface area contributed by atoms with Crippen molar-refractivity contribution in [2.24, 2.45) is 5.92 Å². The van der Waals surface area contributed by atoms with E-state index in [-0.39, 0.29) is 11.9 Å². The van der Waals surface area contributed by atoms with Crippen molar-refractivity contribution < 1.29 is 9.21 Å². The van der Waals surface area contributed by atoms with E-state index in [4.69, 9.17) is 4.42 Å². The summed E-state index contributed by atoms with van der Waals surface area (Å²) in [5, 5.41) is 3.91. The number of hydrogen-bond acceptors (Lipinski definition) is 2. The predicted octanol–water partition coefficient (Wildman–Crippen LogP) is 3.60. The fraction of sp³-hybridized carbons (Fsp3) is 0.400. The molecule has 18 heavy (non-hydrogen) atoms. The molecule has 1 aromatic heterocycles. The molecular formula is C15H19NO2. The van der Waals surface area contributed by atoms with Crippen LogP contribution in [0.4, 0.5) is 0 Å². The third kappa shape index (κ3) is 2.92. The molecule has 0 saturated heterocycles. The average molecular weight is 245 g/mol. The molecule has 96 valence electrons. The molecular weight excluding hydrogens is 226 g/mol. The Balaban J connectivity index is 2.09. The van der Waals surface area contributed by atoms with E-state index in [1.165, 1.54) is 0 Å². The molecule has 1 unspecified atom stereocenters. The van der Waals surface area contributed by atoms with E-state index in [0.29, 0.717) is 11.7 Å². The van der Waals surface area contributed by atoms with Crippen molar-refractivity contribution in [3.8, 4) is 0 Å². The Morgan fingerprint density at radius 3 is 2.67 bits per heavy atom. The van der Waals surface area contributed by atoms with Crippen LogP contribution in [-0.2, 0) is 0 Å². The molecule has 3 nitrogen and oxygen atoms in total. The lowest BCUT2D eigenvalue weighted by molar-refractivity contribution is 0.0910. The van der Waals surface area contributed by atoms with E-state index in [2.05, 4.69) is 19.2 Å². The first-order valence-corrected chi connectivity index (χ1v) is 6.35. The molecule has 0 fully saturated rings. The summed E-state index contributed by atoms with van der Waals surface area (Å²) in [7, 11) is 0. The summed E-state index contributed by atoms with van der Waals surface area (Å²) < 4.78 is 5.52. The van der Waals surface area contributed by atoms with Crippen LogP contribution in [0.1, 0.15) is 37.7 Å². The van der Waals surface area contributed by atoms with Gasteiger partial charge in [-0.25, -0.2) is 0 Å². The minimum absolute atomic E-state index is 0.139. The minimum atomic E-state index is -0.139. The van der Waals surface area contributed by atoms with Crippen molar-refractivity contribution in [1.29, 1.82) is 0 Å². The molecule has 0 aliphatic rings. The first kappa shape index (κ1) is 12.7. The lowest BCUT2D eigenvalue weighted by Crippen LogP contribution is -2.33. The lowest BCUT2D eigenvalue weighted by Gasteiger charge is -2.14. The van der Waals surface area contributed by atoms with E-state index in [1.807, 2.05) is 31.2 Å². The molecule has 0 radical (unpaired) electrons. The highest BCUT2D eigenvalue weighted by Crippen LogP contribution is 2.18. The van der Waals surface area contributed by atoms with Gasteiger partial charge in [-0.3, -0.25) is 4.79 Å². The van der Waals surface area contributed by atoms with E-state index >= 15 is 0 Å². The van der Waals surface area contributed by atoms with Crippen LogP contribution in [-0.4, -0.2) is 11.9 Å². The van der Waals surface area contributed by atoms with Crippen molar-refractivity contribution in [3.05, 3.63) is 36.1 Å². The SMILES string of the molecule is CC(C)CC(C)NC(=O)c1cc2ccccc2o1. The quantitative estimate of drug-likeness (QED) is 0.894. The van der Waals surface area contributed by atoms with Gasteiger partial charge in [0.1, 0.15) is 5.58 Å². The molecule has 0 saturated carbocycles. The third-order valence-electron chi connectivity index (χ3n) is 2.85. The van der Waals surface area contributed by atoms with Crippen LogP contribution in [0.2, 0.25) is 0 Å². The second-order valence-electron chi connectivity index (χ2n) is 5.15. The number of hydrogen-bond donors (Lipinski definition) is 1. The highest BCUT2D eigenvalue weighted by Gasteiger charge is 2.14. The zero-order chi connectivity index (χ0) is 13.1. The van der Waals surface area contributed by atoms with Crippen LogP contribution in [0.3, 0.4) is 0 Å². The second kappa shape index (κ2) is 5.25. The number of rotatable bonds is 4. The minimum Gasteiger partial charge on any atom is -0.451 e. The Morgan fingerprint density at radius 2 is 2.00 bits per heavy atom. The van der Waals surface area contributed by atoms with E-state index in [0.717, 1.165) is 17.4 Å². The molecule has 1 heterocycles. The highest BCUT2D eigenvalue weighted by atomic mass is 16.3. The largest absolute Gasteiger partial charge is 0.451 e. The number of para-hydroxylation sites is 1. The van der Waals surface area contributed by atoms with Gasteiger partial charge in [-0.2, -0.15) is 0 Å². The van der Waals surface area contributed by atoms with Crippen LogP contribution in [0.5, 0.6) is 0 Å². The lowest BCUT2D eigenvalue weighted by atomic mass is 10.1. The molecule has 1 amide bonds. The summed E-state index contributed by atoms with van der Waals surface area (Å²) >= 11 is 0. The molecule has 0 aliphatic heterocycles. The van der Waals surface area contributed by atoms with Gasteiger partial charge in [0.15, 0.2) is 5.76 Å². The Labute approximate surface area is 107 Å². The summed E-state index contributed by atoms with van der Waals surface area (Å²) in [5.74, 6) is 0.808. The zero-order valence-corrected chi connectivity index (χ0v) is 11.1. The van der Waals surface area contributed by atoms with Crippen molar-refractivity contribution in [3.63, 3.8) is 0 Å². The van der Waals surface area contributed by atoms with Crippen molar-refractivity contribution >= 4 is 16.9 Å². The molecule has 2 aromatic rings. The number of fused-ring (bicyclic) bond motifs is 1. The molecule has 2 rings (SSSR count). The van der Waals surface area contributed by atoms with Crippen molar-refractivity contribution in [2.45, 2.75) is 33.2 Å². The summed E-state index contributed by atoms with van der Waals surface area (Å²) in [6.07, 6.45) is 0.964. The fourth-order valence-electron chi connectivity index (χ4n) is 2.15. The van der Waals surface area contributed by atoms with Gasteiger partial charge in [-0.15, -0.1) is 0 Å². The fourth-order valence-corrected chi connectivity index (χ4v) is 2.15. The van der Waals surface area contributed by atoms with Gasteiger partial charge >= 0.3 is 0 Å². The standard InChI is InChI=1S/C15H19NO2/c1-10(2)8-11(3)16-15(17)14-9-12-6-4-5-7-13(12)18-14/h4-7,9-11H,8H2,1-3H3,(H,16,17). The highest BCUT2D eigenvalue weighted by molar-refractivity contribution is 5.96. The van der Waals surface area contributed by atoms with Crippen LogP contribution in [0.15, 0.2) is 34.7 Å². The molecule has 0 aliphatic carbocycles. The Hall–Kier alpha value is -1.77. The predicted molar refractivity (Wildman–Crippen MR) is 72.6 cm³/mol. The third-order valence-corrected chi connectivity index (χ3v) is 2.85. The molecule has 0 bridgehead atoms. The molecule has 1 aromatic carbocycles. The first-order valence-electron chi connectivity index (χ1n) is 6.35. The normalized spacial score (nSPS) is 12.9. The van der Waals surface area contributed by atoms with Gasteiger partial charge < -0.3 is 9.73 Å². The van der Waals surface area contributed by atoms with Crippen LogP contribution in [0, 0.1) is 5.92 Å². The summed E-state index contributed by atoms with van der Waals surface area (Å²) in [4.78, 5) is 12.0. The number of amides is 1. The van der Waals surface area contributed by atoms with Gasteiger partial charge in [-0.1, -0.05) is 32.0 Å². The Morgan fingerprint density at radius 1 is 1.28 bits per heavy atom. The second-order valence-corrected chi connectivity index (χ2v) is 5.15. The summed E-state index contributed by atoms with van der Waals surface area (Å²) in [6, 6.07) is 9.57. The van der Waals surface area contributed by atoms with Gasteiger partial charge in [0.05, 0.1) is 0 Å². The van der Waals surface area contributed by atoms with E-state index in [1.54, 1.807) is 6.07 Å². The van der Waals surface area contributed by atoms with Gasteiger partial charge in [-0.05, 0) is 31.4 Å². The number of benzene rings is 1. The van der Waals surface area contributed by atoms with E-state index < -0.39 is 0 Å². The Kier molecular flexibility index (Phi) is 3.70. The molecule has 1 atom stereocenters. The maximum atomic E-state index is 12.0. The van der Waals surface area contributed by atoms with Crippen LogP contribution >= 0.6 is 0 Å². The first-order chi connectivity index (χ1) is 8.56. The number of nitrogens with one attached hydrogen (secondary N) is 1. The van der Waals surface area contributed by atoms with Gasteiger partial charge in [0.2, 0.25) is 0 Å². The van der Waals surface area contributed by atoms with Crippen molar-refractivity contribution in [2.75, 3.05) is 0 Å². The number of carbonyl (C=O) groups excluding carboxylic acids is 1. The van der Waals surface area contributed by atoms with Crippen LogP contribution < -0.4 is 5.32 Å². The summed E-state index contributed by atoms with van der Waals surface area (Å²) in [5.41, 5.74) is 0.749. The van der Waals surface area contributed by atoms with Gasteiger partial charge in [0, 0.05) is 11.4 Å². The average Bonchev–Trinajstić information content (AvgIpc) is 2.71. The van der Waals surface area contributed by atoms with Crippen LogP contribution in [0.25, 0.3) is 11.0 Å². The smallest absolute Gasteiger partial charge is 0.287 e. The van der Waals surface area contributed by atoms with Gasteiger partial charge in [0.25, 0.3) is 5.91 Å².